The van der Waals surface area contributed by atoms with Crippen LogP contribution in [0.3, 0.4) is 0 Å². The number of aromatic nitrogens is 1. The highest BCUT2D eigenvalue weighted by Gasteiger charge is 2.23. The first-order valence-corrected chi connectivity index (χ1v) is 7.47. The highest BCUT2D eigenvalue weighted by atomic mass is 16.4. The third-order valence-electron chi connectivity index (χ3n) is 4.24. The average molecular weight is 276 g/mol. The Bertz CT molecular complexity index is 499. The Labute approximate surface area is 120 Å². The van der Waals surface area contributed by atoms with E-state index >= 15 is 0 Å². The largest absolute Gasteiger partial charge is 0.478 e. The van der Waals surface area contributed by atoms with Crippen LogP contribution in [0.4, 0.5) is 5.82 Å². The molecule has 20 heavy (non-hydrogen) atoms. The number of pyridine rings is 1. The predicted octanol–water partition coefficient (Wildman–Crippen LogP) is 3.78. The molecule has 1 heterocycles. The molecule has 0 aliphatic heterocycles. The van der Waals surface area contributed by atoms with Crippen LogP contribution in [0, 0.1) is 19.8 Å². The molecular weight excluding hydrogens is 252 g/mol. The summed E-state index contributed by atoms with van der Waals surface area (Å²) in [4.78, 5) is 15.9. The van der Waals surface area contributed by atoms with E-state index in [0.29, 0.717) is 23.3 Å². The maximum absolute atomic E-state index is 11.5. The molecule has 1 aliphatic rings. The zero-order valence-electron chi connectivity index (χ0n) is 12.6. The number of nitrogens with zero attached hydrogens (tertiary/aromatic N) is 1. The number of hydrogen-bond acceptors (Lipinski definition) is 3. The summed E-state index contributed by atoms with van der Waals surface area (Å²) < 4.78 is 0. The molecule has 2 rings (SSSR count). The Morgan fingerprint density at radius 3 is 2.70 bits per heavy atom. The molecule has 4 nitrogen and oxygen atoms in total. The lowest BCUT2D eigenvalue weighted by atomic mass is 9.96. The van der Waals surface area contributed by atoms with Crippen LogP contribution in [0.1, 0.15) is 60.6 Å². The molecule has 0 spiro atoms. The average Bonchev–Trinajstić information content (AvgIpc) is 2.53. The maximum atomic E-state index is 11.5. The second kappa shape index (κ2) is 6.25. The predicted molar refractivity (Wildman–Crippen MR) is 80.3 cm³/mol. The number of hydrogen-bond donors (Lipinski definition) is 2. The monoisotopic (exact) mass is 276 g/mol. The van der Waals surface area contributed by atoms with Crippen LogP contribution >= 0.6 is 0 Å². The summed E-state index contributed by atoms with van der Waals surface area (Å²) in [5.74, 6) is 0.189. The molecule has 0 aromatic carbocycles. The molecule has 1 aliphatic carbocycles. The van der Waals surface area contributed by atoms with Crippen LogP contribution in [0.15, 0.2) is 6.07 Å². The number of anilines is 1. The van der Waals surface area contributed by atoms with E-state index in [4.69, 9.17) is 0 Å². The molecule has 1 aromatic heterocycles. The highest BCUT2D eigenvalue weighted by Crippen LogP contribution is 2.27. The van der Waals surface area contributed by atoms with E-state index in [-0.39, 0.29) is 0 Å². The molecule has 2 N–H and O–H groups in total. The van der Waals surface area contributed by atoms with Gasteiger partial charge < -0.3 is 10.4 Å². The third-order valence-corrected chi connectivity index (χ3v) is 4.24. The zero-order valence-corrected chi connectivity index (χ0v) is 12.6. The highest BCUT2D eigenvalue weighted by molar-refractivity contribution is 5.94. The first-order chi connectivity index (χ1) is 9.49. The molecule has 1 aromatic rings. The minimum Gasteiger partial charge on any atom is -0.478 e. The molecular formula is C16H24N2O2. The second-order valence-electron chi connectivity index (χ2n) is 5.98. The standard InChI is InChI=1S/C16H24N2O2/c1-10-7-5-4-6-8-13(10)18-15-14(16(19)20)11(2)9-12(3)17-15/h9-10,13H,4-8H2,1-3H3,(H,17,18)(H,19,20). The maximum Gasteiger partial charge on any atom is 0.339 e. The lowest BCUT2D eigenvalue weighted by molar-refractivity contribution is 0.0696. The molecule has 0 bridgehead atoms. The Morgan fingerprint density at radius 2 is 2.00 bits per heavy atom. The molecule has 0 radical (unpaired) electrons. The van der Waals surface area contributed by atoms with Gasteiger partial charge in [-0.15, -0.1) is 0 Å². The molecule has 1 saturated carbocycles. The van der Waals surface area contributed by atoms with E-state index in [0.717, 1.165) is 17.7 Å². The van der Waals surface area contributed by atoms with Gasteiger partial charge in [0.25, 0.3) is 0 Å². The van der Waals surface area contributed by atoms with Crippen molar-refractivity contribution in [1.82, 2.24) is 4.98 Å². The van der Waals surface area contributed by atoms with Crippen LogP contribution in [0.2, 0.25) is 0 Å². The van der Waals surface area contributed by atoms with Gasteiger partial charge in [-0.1, -0.05) is 26.2 Å². The van der Waals surface area contributed by atoms with Gasteiger partial charge in [-0.05, 0) is 44.2 Å². The summed E-state index contributed by atoms with van der Waals surface area (Å²) in [5, 5.41) is 12.8. The van der Waals surface area contributed by atoms with E-state index < -0.39 is 5.97 Å². The minimum atomic E-state index is -0.904. The number of rotatable bonds is 3. The Kier molecular flexibility index (Phi) is 4.63. The molecule has 2 atom stereocenters. The van der Waals surface area contributed by atoms with Gasteiger partial charge in [0.2, 0.25) is 0 Å². The van der Waals surface area contributed by atoms with E-state index in [1.54, 1.807) is 0 Å². The smallest absolute Gasteiger partial charge is 0.339 e. The van der Waals surface area contributed by atoms with Crippen molar-refractivity contribution in [1.29, 1.82) is 0 Å². The summed E-state index contributed by atoms with van der Waals surface area (Å²) in [7, 11) is 0. The van der Waals surface area contributed by atoms with Gasteiger partial charge >= 0.3 is 5.97 Å². The molecule has 0 saturated heterocycles. The first-order valence-electron chi connectivity index (χ1n) is 7.47. The van der Waals surface area contributed by atoms with Crippen molar-refractivity contribution in [2.45, 2.75) is 58.9 Å². The van der Waals surface area contributed by atoms with Gasteiger partial charge in [0.1, 0.15) is 11.4 Å². The van der Waals surface area contributed by atoms with Gasteiger partial charge in [0.15, 0.2) is 0 Å². The quantitative estimate of drug-likeness (QED) is 0.825. The van der Waals surface area contributed by atoms with Gasteiger partial charge in [-0.2, -0.15) is 0 Å². The van der Waals surface area contributed by atoms with Crippen molar-refractivity contribution in [3.05, 3.63) is 22.9 Å². The van der Waals surface area contributed by atoms with Crippen molar-refractivity contribution in [3.63, 3.8) is 0 Å². The van der Waals surface area contributed by atoms with Gasteiger partial charge in [0.05, 0.1) is 0 Å². The normalized spacial score (nSPS) is 23.1. The molecule has 2 unspecified atom stereocenters. The number of nitrogens with one attached hydrogen (secondary N) is 1. The first kappa shape index (κ1) is 14.8. The molecule has 0 amide bonds. The lowest BCUT2D eigenvalue weighted by Crippen LogP contribution is -2.28. The number of carboxylic acids is 1. The van der Waals surface area contributed by atoms with Gasteiger partial charge in [0, 0.05) is 11.7 Å². The number of carboxylic acid groups (broad SMARTS) is 1. The van der Waals surface area contributed by atoms with E-state index in [9.17, 15) is 9.90 Å². The van der Waals surface area contributed by atoms with Crippen LogP contribution in [0.25, 0.3) is 0 Å². The SMILES string of the molecule is Cc1cc(C)c(C(=O)O)c(NC2CCCCCC2C)n1. The zero-order chi connectivity index (χ0) is 14.7. The summed E-state index contributed by atoms with van der Waals surface area (Å²) in [6.45, 7) is 5.98. The number of aryl methyl sites for hydroxylation is 2. The van der Waals surface area contributed by atoms with Crippen LogP contribution in [-0.4, -0.2) is 22.1 Å². The summed E-state index contributed by atoms with van der Waals surface area (Å²) in [6, 6.07) is 2.15. The topological polar surface area (TPSA) is 62.2 Å². The number of carbonyl (C=O) groups is 1. The van der Waals surface area contributed by atoms with Crippen LogP contribution < -0.4 is 5.32 Å². The van der Waals surface area contributed by atoms with Crippen molar-refractivity contribution < 1.29 is 9.90 Å². The van der Waals surface area contributed by atoms with E-state index in [1.807, 2.05) is 19.9 Å². The van der Waals surface area contributed by atoms with Crippen molar-refractivity contribution in [2.75, 3.05) is 5.32 Å². The lowest BCUT2D eigenvalue weighted by Gasteiger charge is -2.24. The van der Waals surface area contributed by atoms with Crippen molar-refractivity contribution in [3.8, 4) is 0 Å². The third kappa shape index (κ3) is 3.30. The second-order valence-corrected chi connectivity index (χ2v) is 5.98. The number of aromatic carboxylic acids is 1. The van der Waals surface area contributed by atoms with Crippen molar-refractivity contribution in [2.24, 2.45) is 5.92 Å². The van der Waals surface area contributed by atoms with Gasteiger partial charge in [-0.3, -0.25) is 0 Å². The van der Waals surface area contributed by atoms with E-state index in [2.05, 4.69) is 17.2 Å². The molecule has 110 valence electrons. The summed E-state index contributed by atoms with van der Waals surface area (Å²) >= 11 is 0. The summed E-state index contributed by atoms with van der Waals surface area (Å²) in [5.41, 5.74) is 1.94. The van der Waals surface area contributed by atoms with Crippen LogP contribution in [-0.2, 0) is 0 Å². The molecule has 4 heteroatoms. The Morgan fingerprint density at radius 1 is 1.30 bits per heavy atom. The van der Waals surface area contributed by atoms with Gasteiger partial charge in [-0.25, -0.2) is 9.78 Å². The molecule has 1 fully saturated rings. The van der Waals surface area contributed by atoms with Crippen LogP contribution in [0.5, 0.6) is 0 Å². The minimum absolute atomic E-state index is 0.312. The fourth-order valence-electron chi connectivity index (χ4n) is 3.09. The van der Waals surface area contributed by atoms with Crippen molar-refractivity contribution >= 4 is 11.8 Å². The fourth-order valence-corrected chi connectivity index (χ4v) is 3.09. The fraction of sp³-hybridized carbons (Fsp3) is 0.625. The summed E-state index contributed by atoms with van der Waals surface area (Å²) in [6.07, 6.45) is 6.04. The Balaban J connectivity index is 2.29. The Hall–Kier alpha value is -1.58. The van der Waals surface area contributed by atoms with E-state index in [1.165, 1.54) is 25.7 Å².